The lowest BCUT2D eigenvalue weighted by Gasteiger charge is -2.16. The molecule has 2 N–H and O–H groups in total. The van der Waals surface area contributed by atoms with E-state index in [-0.39, 0.29) is 5.78 Å². The third-order valence-corrected chi connectivity index (χ3v) is 5.29. The van der Waals surface area contributed by atoms with Gasteiger partial charge in [-0.15, -0.1) is 0 Å². The van der Waals surface area contributed by atoms with Gasteiger partial charge in [-0.3, -0.25) is 10.2 Å². The number of ketones is 1. The van der Waals surface area contributed by atoms with Crippen LogP contribution >= 0.6 is 11.3 Å². The van der Waals surface area contributed by atoms with Crippen molar-refractivity contribution in [2.75, 3.05) is 5.43 Å². The maximum absolute atomic E-state index is 12.7. The van der Waals surface area contributed by atoms with Gasteiger partial charge in [-0.05, 0) is 43.0 Å². The van der Waals surface area contributed by atoms with E-state index in [0.29, 0.717) is 0 Å². The van der Waals surface area contributed by atoms with Crippen molar-refractivity contribution in [2.45, 2.75) is 19.3 Å². The van der Waals surface area contributed by atoms with E-state index in [1.54, 1.807) is 17.5 Å². The smallest absolute Gasteiger partial charge is 0.202 e. The fourth-order valence-corrected chi connectivity index (χ4v) is 3.87. The van der Waals surface area contributed by atoms with E-state index in [9.17, 15) is 4.79 Å². The highest BCUT2D eigenvalue weighted by Gasteiger charge is 2.20. The summed E-state index contributed by atoms with van der Waals surface area (Å²) in [4.78, 5) is 17.2. The number of hydrogen-bond acceptors (Lipinski definition) is 5. The van der Waals surface area contributed by atoms with Crippen molar-refractivity contribution in [1.82, 2.24) is 10.4 Å². The summed E-state index contributed by atoms with van der Waals surface area (Å²) in [5.74, 6) is 0.124. The van der Waals surface area contributed by atoms with Gasteiger partial charge in [0.25, 0.3) is 0 Å². The predicted molar refractivity (Wildman–Crippen MR) is 108 cm³/mol. The maximum Gasteiger partial charge on any atom is 0.202 e. The largest absolute Gasteiger partial charge is 0.306 e. The molecule has 1 aliphatic rings. The SMILES string of the molecule is O=C1/C(=C\NNc2nc3ccccc3s2)CCC/C1=C\c1ccccc1. The topological polar surface area (TPSA) is 54.0 Å². The van der Waals surface area contributed by atoms with Crippen LogP contribution in [0.15, 0.2) is 71.9 Å². The molecule has 0 amide bonds. The number of nitrogens with zero attached hydrogens (tertiary/aromatic N) is 1. The molecular formula is C21H19N3OS. The first kappa shape index (κ1) is 16.5. The number of hydrazine groups is 1. The first-order valence-electron chi connectivity index (χ1n) is 8.66. The van der Waals surface area contributed by atoms with Crippen LogP contribution in [0.25, 0.3) is 16.3 Å². The zero-order valence-electron chi connectivity index (χ0n) is 14.2. The summed E-state index contributed by atoms with van der Waals surface area (Å²) in [6.07, 6.45) is 6.37. The second kappa shape index (κ2) is 7.54. The van der Waals surface area contributed by atoms with Gasteiger partial charge in [-0.25, -0.2) is 4.98 Å². The number of anilines is 1. The molecule has 26 heavy (non-hydrogen) atoms. The van der Waals surface area contributed by atoms with Crippen LogP contribution in [0.3, 0.4) is 0 Å². The number of thiazole rings is 1. The number of aromatic nitrogens is 1. The Labute approximate surface area is 156 Å². The number of carbonyl (C=O) groups excluding carboxylic acids is 1. The highest BCUT2D eigenvalue weighted by molar-refractivity contribution is 7.22. The highest BCUT2D eigenvalue weighted by Crippen LogP contribution is 2.27. The Kier molecular flexibility index (Phi) is 4.80. The van der Waals surface area contributed by atoms with Crippen LogP contribution in [-0.2, 0) is 4.79 Å². The Hall–Kier alpha value is -2.92. The monoisotopic (exact) mass is 361 g/mol. The van der Waals surface area contributed by atoms with Crippen LogP contribution < -0.4 is 10.9 Å². The van der Waals surface area contributed by atoms with Crippen LogP contribution in [0.5, 0.6) is 0 Å². The average Bonchev–Trinajstić information content (AvgIpc) is 3.08. The summed E-state index contributed by atoms with van der Waals surface area (Å²) in [6.45, 7) is 0. The van der Waals surface area contributed by atoms with E-state index < -0.39 is 0 Å². The van der Waals surface area contributed by atoms with Crippen LogP contribution in [0.4, 0.5) is 5.13 Å². The van der Waals surface area contributed by atoms with Gasteiger partial charge in [0.1, 0.15) is 0 Å². The summed E-state index contributed by atoms with van der Waals surface area (Å²) in [5, 5.41) is 0.784. The molecule has 1 fully saturated rings. The van der Waals surface area contributed by atoms with Crippen LogP contribution in [0.1, 0.15) is 24.8 Å². The van der Waals surface area contributed by atoms with Crippen molar-refractivity contribution in [3.05, 3.63) is 77.5 Å². The molecule has 130 valence electrons. The van der Waals surface area contributed by atoms with Crippen molar-refractivity contribution in [2.24, 2.45) is 0 Å². The molecule has 0 bridgehead atoms. The molecule has 0 spiro atoms. The van der Waals surface area contributed by atoms with Gasteiger partial charge in [0.05, 0.1) is 10.2 Å². The van der Waals surface area contributed by atoms with Gasteiger partial charge in [0.15, 0.2) is 5.78 Å². The fraction of sp³-hybridized carbons (Fsp3) is 0.143. The number of fused-ring (bicyclic) bond motifs is 1. The summed E-state index contributed by atoms with van der Waals surface area (Å²) in [6, 6.07) is 18.0. The Balaban J connectivity index is 1.44. The van der Waals surface area contributed by atoms with Gasteiger partial charge in [0.2, 0.25) is 5.13 Å². The quantitative estimate of drug-likeness (QED) is 0.511. The van der Waals surface area contributed by atoms with Gasteiger partial charge >= 0.3 is 0 Å². The number of allylic oxidation sites excluding steroid dienone is 2. The lowest BCUT2D eigenvalue weighted by Crippen LogP contribution is -2.19. The highest BCUT2D eigenvalue weighted by atomic mass is 32.1. The number of rotatable bonds is 4. The summed E-state index contributed by atoms with van der Waals surface area (Å²) < 4.78 is 1.13. The van der Waals surface area contributed by atoms with E-state index in [0.717, 1.165) is 51.3 Å². The van der Waals surface area contributed by atoms with Gasteiger partial charge in [-0.1, -0.05) is 53.8 Å². The lowest BCUT2D eigenvalue weighted by molar-refractivity contribution is -0.112. The predicted octanol–water partition coefficient (Wildman–Crippen LogP) is 4.93. The first-order chi connectivity index (χ1) is 12.8. The molecule has 0 aliphatic heterocycles. The van der Waals surface area contributed by atoms with Gasteiger partial charge in [0, 0.05) is 17.3 Å². The van der Waals surface area contributed by atoms with E-state index in [4.69, 9.17) is 0 Å². The number of hydrogen-bond donors (Lipinski definition) is 2. The number of nitrogens with one attached hydrogen (secondary N) is 2. The van der Waals surface area contributed by atoms with Crippen molar-refractivity contribution >= 4 is 38.5 Å². The first-order valence-corrected chi connectivity index (χ1v) is 9.48. The van der Waals surface area contributed by atoms with Gasteiger partial charge < -0.3 is 5.43 Å². The van der Waals surface area contributed by atoms with Crippen molar-refractivity contribution in [1.29, 1.82) is 0 Å². The molecule has 5 heteroatoms. The third kappa shape index (κ3) is 3.68. The minimum absolute atomic E-state index is 0.124. The van der Waals surface area contributed by atoms with Crippen LogP contribution in [0, 0.1) is 0 Å². The third-order valence-electron chi connectivity index (χ3n) is 4.34. The van der Waals surface area contributed by atoms with Crippen LogP contribution in [0.2, 0.25) is 0 Å². The second-order valence-electron chi connectivity index (χ2n) is 6.19. The Morgan fingerprint density at radius 3 is 2.58 bits per heavy atom. The van der Waals surface area contributed by atoms with Gasteiger partial charge in [-0.2, -0.15) is 0 Å². The zero-order valence-corrected chi connectivity index (χ0v) is 15.1. The van der Waals surface area contributed by atoms with Crippen molar-refractivity contribution in [3.8, 4) is 0 Å². The minimum atomic E-state index is 0.124. The standard InChI is InChI=1S/C21H19N3OS/c25-20-16(13-15-7-2-1-3-8-15)9-6-10-17(20)14-22-24-21-23-18-11-4-5-12-19(18)26-21/h1-5,7-8,11-14,22H,6,9-10H2,(H,23,24)/b16-13+,17-14-. The Morgan fingerprint density at radius 2 is 1.73 bits per heavy atom. The number of para-hydroxylation sites is 1. The molecular weight excluding hydrogens is 342 g/mol. The number of benzene rings is 2. The maximum atomic E-state index is 12.7. The minimum Gasteiger partial charge on any atom is -0.306 e. The molecule has 3 aromatic rings. The molecule has 1 aliphatic carbocycles. The summed E-state index contributed by atoms with van der Waals surface area (Å²) >= 11 is 1.58. The normalized spacial score (nSPS) is 17.8. The number of carbonyl (C=O) groups is 1. The molecule has 4 nitrogen and oxygen atoms in total. The van der Waals surface area contributed by atoms with Crippen molar-refractivity contribution in [3.63, 3.8) is 0 Å². The molecule has 1 aromatic heterocycles. The Bertz CT molecular complexity index is 956. The second-order valence-corrected chi connectivity index (χ2v) is 7.22. The molecule has 0 radical (unpaired) electrons. The molecule has 0 atom stereocenters. The molecule has 2 aromatic carbocycles. The molecule has 1 heterocycles. The van der Waals surface area contributed by atoms with Crippen molar-refractivity contribution < 1.29 is 4.79 Å². The van der Waals surface area contributed by atoms with E-state index >= 15 is 0 Å². The lowest BCUT2D eigenvalue weighted by atomic mass is 9.88. The summed E-state index contributed by atoms with van der Waals surface area (Å²) in [5.41, 5.74) is 9.82. The van der Waals surface area contributed by atoms with Crippen LogP contribution in [-0.4, -0.2) is 10.8 Å². The van der Waals surface area contributed by atoms with E-state index in [1.807, 2.05) is 60.7 Å². The molecule has 0 saturated heterocycles. The zero-order chi connectivity index (χ0) is 17.8. The molecule has 0 unspecified atom stereocenters. The molecule has 1 saturated carbocycles. The Morgan fingerprint density at radius 1 is 0.962 bits per heavy atom. The van der Waals surface area contributed by atoms with E-state index in [1.165, 1.54) is 0 Å². The van der Waals surface area contributed by atoms with E-state index in [2.05, 4.69) is 15.8 Å². The molecule has 4 rings (SSSR count). The fourth-order valence-electron chi connectivity index (χ4n) is 3.04. The average molecular weight is 361 g/mol. The summed E-state index contributed by atoms with van der Waals surface area (Å²) in [7, 11) is 0. The number of Topliss-reactive ketones (excluding diaryl/α,β-unsaturated/α-hetero) is 1.